The van der Waals surface area contributed by atoms with E-state index in [1.165, 1.54) is 13.2 Å². The van der Waals surface area contributed by atoms with Gasteiger partial charge in [-0.2, -0.15) is 0 Å². The molecule has 0 aromatic heterocycles. The fourth-order valence-corrected chi connectivity index (χ4v) is 2.02. The number of benzene rings is 1. The van der Waals surface area contributed by atoms with Gasteiger partial charge in [-0.1, -0.05) is 48.0 Å². The maximum absolute atomic E-state index is 11.8. The average Bonchev–Trinajstić information content (AvgIpc) is 2.42. The summed E-state index contributed by atoms with van der Waals surface area (Å²) in [5.41, 5.74) is 0.891. The Morgan fingerprint density at radius 3 is 2.50 bits per heavy atom. The molecule has 108 valence electrons. The third-order valence-corrected chi connectivity index (χ3v) is 3.46. The summed E-state index contributed by atoms with van der Waals surface area (Å²) in [4.78, 5) is 23.4. The van der Waals surface area contributed by atoms with Gasteiger partial charge in [0.1, 0.15) is 6.04 Å². The van der Waals surface area contributed by atoms with Crippen LogP contribution in [0.3, 0.4) is 0 Å². The van der Waals surface area contributed by atoms with Crippen molar-refractivity contribution < 1.29 is 14.3 Å². The lowest BCUT2D eigenvalue weighted by molar-refractivity contribution is -0.145. The maximum atomic E-state index is 11.8. The highest BCUT2D eigenvalue weighted by atomic mass is 79.9. The lowest BCUT2D eigenvalue weighted by Crippen LogP contribution is -2.44. The highest BCUT2D eigenvalue weighted by Crippen LogP contribution is 2.17. The van der Waals surface area contributed by atoms with E-state index in [9.17, 15) is 9.59 Å². The second-order valence-electron chi connectivity index (χ2n) is 4.61. The molecular weight excluding hydrogens is 322 g/mol. The van der Waals surface area contributed by atoms with Gasteiger partial charge in [-0.3, -0.25) is 4.79 Å². The Bertz CT molecular complexity index is 512. The summed E-state index contributed by atoms with van der Waals surface area (Å²) in [6.07, 6.45) is 3.09. The molecule has 20 heavy (non-hydrogen) atoms. The molecule has 1 atom stereocenters. The van der Waals surface area contributed by atoms with E-state index in [1.54, 1.807) is 6.08 Å². The van der Waals surface area contributed by atoms with Crippen LogP contribution in [0.1, 0.15) is 19.4 Å². The monoisotopic (exact) mass is 339 g/mol. The van der Waals surface area contributed by atoms with E-state index >= 15 is 0 Å². The van der Waals surface area contributed by atoms with Crippen LogP contribution in [0.25, 0.3) is 6.08 Å². The fourth-order valence-electron chi connectivity index (χ4n) is 1.60. The molecule has 0 saturated heterocycles. The highest BCUT2D eigenvalue weighted by molar-refractivity contribution is 9.10. The molecule has 1 rings (SSSR count). The van der Waals surface area contributed by atoms with Crippen molar-refractivity contribution >= 4 is 33.9 Å². The van der Waals surface area contributed by atoms with Crippen LogP contribution in [-0.4, -0.2) is 25.0 Å². The smallest absolute Gasteiger partial charge is 0.328 e. The van der Waals surface area contributed by atoms with Crippen LogP contribution in [0.15, 0.2) is 34.8 Å². The van der Waals surface area contributed by atoms with Crippen LogP contribution in [0.5, 0.6) is 0 Å². The molecule has 4 nitrogen and oxygen atoms in total. The van der Waals surface area contributed by atoms with Gasteiger partial charge in [-0.25, -0.2) is 4.79 Å². The maximum Gasteiger partial charge on any atom is 0.328 e. The van der Waals surface area contributed by atoms with Gasteiger partial charge in [0.05, 0.1) is 7.11 Å². The summed E-state index contributed by atoms with van der Waals surface area (Å²) in [5.74, 6) is -0.809. The number of hydrogen-bond acceptors (Lipinski definition) is 3. The summed E-state index contributed by atoms with van der Waals surface area (Å²) < 4.78 is 5.57. The molecule has 1 aromatic rings. The van der Waals surface area contributed by atoms with Gasteiger partial charge in [0, 0.05) is 10.5 Å². The molecule has 5 heteroatoms. The standard InChI is InChI=1S/C15H18BrNO3/c1-10(2)14(15(19)20-3)17-13(18)9-8-11-6-4-5-7-12(11)16/h4-10,14H,1-3H3,(H,17,18). The number of carbonyl (C=O) groups is 2. The predicted molar refractivity (Wildman–Crippen MR) is 82.0 cm³/mol. The van der Waals surface area contributed by atoms with Crippen molar-refractivity contribution in [2.45, 2.75) is 19.9 Å². The minimum absolute atomic E-state index is 0.0386. The Hall–Kier alpha value is -1.62. The largest absolute Gasteiger partial charge is 0.467 e. The van der Waals surface area contributed by atoms with Crippen molar-refractivity contribution in [3.63, 3.8) is 0 Å². The van der Waals surface area contributed by atoms with E-state index in [4.69, 9.17) is 0 Å². The van der Waals surface area contributed by atoms with Gasteiger partial charge < -0.3 is 10.1 Å². The van der Waals surface area contributed by atoms with Crippen LogP contribution in [0.2, 0.25) is 0 Å². The first-order chi connectivity index (χ1) is 9.45. The Labute approximate surface area is 127 Å². The minimum Gasteiger partial charge on any atom is -0.467 e. The van der Waals surface area contributed by atoms with Gasteiger partial charge in [0.25, 0.3) is 0 Å². The van der Waals surface area contributed by atoms with E-state index in [0.29, 0.717) is 0 Å². The van der Waals surface area contributed by atoms with Gasteiger partial charge in [0.2, 0.25) is 5.91 Å². The number of amides is 1. The zero-order valence-corrected chi connectivity index (χ0v) is 13.3. The molecule has 1 unspecified atom stereocenters. The van der Waals surface area contributed by atoms with Gasteiger partial charge >= 0.3 is 5.97 Å². The van der Waals surface area contributed by atoms with Crippen LogP contribution < -0.4 is 5.32 Å². The quantitative estimate of drug-likeness (QED) is 0.662. The number of nitrogens with one attached hydrogen (secondary N) is 1. The van der Waals surface area contributed by atoms with Crippen molar-refractivity contribution in [3.05, 3.63) is 40.4 Å². The van der Waals surface area contributed by atoms with Crippen molar-refractivity contribution in [2.75, 3.05) is 7.11 Å². The summed E-state index contributed by atoms with van der Waals surface area (Å²) >= 11 is 3.40. The van der Waals surface area contributed by atoms with Gasteiger partial charge in [-0.05, 0) is 23.6 Å². The average molecular weight is 340 g/mol. The summed E-state index contributed by atoms with van der Waals surface area (Å²) in [5, 5.41) is 2.64. The molecule has 0 saturated carbocycles. The normalized spacial score (nSPS) is 12.4. The zero-order chi connectivity index (χ0) is 15.1. The molecule has 0 spiro atoms. The summed E-state index contributed by atoms with van der Waals surface area (Å²) in [6.45, 7) is 3.69. The number of esters is 1. The lowest BCUT2D eigenvalue weighted by Gasteiger charge is -2.18. The number of methoxy groups -OCH3 is 1. The van der Waals surface area contributed by atoms with Crippen molar-refractivity contribution in [1.29, 1.82) is 0 Å². The van der Waals surface area contributed by atoms with Gasteiger partial charge in [0.15, 0.2) is 0 Å². The molecule has 0 heterocycles. The molecular formula is C15H18BrNO3. The first-order valence-corrected chi connectivity index (χ1v) is 7.06. The van der Waals surface area contributed by atoms with Gasteiger partial charge in [-0.15, -0.1) is 0 Å². The summed E-state index contributed by atoms with van der Waals surface area (Å²) in [7, 11) is 1.31. The fraction of sp³-hybridized carbons (Fsp3) is 0.333. The Balaban J connectivity index is 2.71. The van der Waals surface area contributed by atoms with Crippen LogP contribution in [0, 0.1) is 5.92 Å². The minimum atomic E-state index is -0.642. The number of hydrogen-bond donors (Lipinski definition) is 1. The van der Waals surface area contributed by atoms with Crippen molar-refractivity contribution in [1.82, 2.24) is 5.32 Å². The van der Waals surface area contributed by atoms with Crippen molar-refractivity contribution in [3.8, 4) is 0 Å². The SMILES string of the molecule is COC(=O)C(NC(=O)C=Cc1ccccc1Br)C(C)C. The molecule has 0 aliphatic heterocycles. The van der Waals surface area contributed by atoms with E-state index in [0.717, 1.165) is 10.0 Å². The third-order valence-electron chi connectivity index (χ3n) is 2.74. The lowest BCUT2D eigenvalue weighted by atomic mass is 10.0. The zero-order valence-electron chi connectivity index (χ0n) is 11.7. The molecule has 1 N–H and O–H groups in total. The molecule has 0 fully saturated rings. The first-order valence-electron chi connectivity index (χ1n) is 6.26. The molecule has 0 bridgehead atoms. The Morgan fingerprint density at radius 1 is 1.30 bits per heavy atom. The van der Waals surface area contributed by atoms with E-state index in [-0.39, 0.29) is 11.8 Å². The second-order valence-corrected chi connectivity index (χ2v) is 5.46. The summed E-state index contributed by atoms with van der Waals surface area (Å²) in [6, 6.07) is 6.91. The highest BCUT2D eigenvalue weighted by Gasteiger charge is 2.23. The second kappa shape index (κ2) is 7.85. The molecule has 1 amide bonds. The van der Waals surface area contributed by atoms with E-state index in [1.807, 2.05) is 38.1 Å². The topological polar surface area (TPSA) is 55.4 Å². The molecule has 1 aromatic carbocycles. The molecule has 0 radical (unpaired) electrons. The third kappa shape index (κ3) is 4.81. The Kier molecular flexibility index (Phi) is 6.45. The Morgan fingerprint density at radius 2 is 1.95 bits per heavy atom. The van der Waals surface area contributed by atoms with Crippen LogP contribution in [-0.2, 0) is 14.3 Å². The molecule has 0 aliphatic carbocycles. The van der Waals surface area contributed by atoms with E-state index in [2.05, 4.69) is 26.0 Å². The number of rotatable bonds is 5. The first kappa shape index (κ1) is 16.4. The number of carbonyl (C=O) groups excluding carboxylic acids is 2. The number of ether oxygens (including phenoxy) is 1. The van der Waals surface area contributed by atoms with Crippen LogP contribution in [0.4, 0.5) is 0 Å². The van der Waals surface area contributed by atoms with Crippen LogP contribution >= 0.6 is 15.9 Å². The van der Waals surface area contributed by atoms with Crippen molar-refractivity contribution in [2.24, 2.45) is 5.92 Å². The molecule has 0 aliphatic rings. The predicted octanol–water partition coefficient (Wildman–Crippen LogP) is 2.78. The van der Waals surface area contributed by atoms with E-state index < -0.39 is 12.0 Å². The number of halogens is 1.